The van der Waals surface area contributed by atoms with Crippen molar-refractivity contribution >= 4 is 27.5 Å². The molecule has 0 aliphatic rings. The fraction of sp³-hybridized carbons (Fsp3) is 0.263. The molecular formula is C19H19FN2O3S. The highest BCUT2D eigenvalue weighted by molar-refractivity contribution is 7.16. The van der Waals surface area contributed by atoms with Gasteiger partial charge in [0, 0.05) is 13.7 Å². The van der Waals surface area contributed by atoms with Crippen molar-refractivity contribution in [2.45, 2.75) is 13.5 Å². The van der Waals surface area contributed by atoms with Crippen LogP contribution in [0.4, 0.5) is 4.39 Å². The second-order valence-electron chi connectivity index (χ2n) is 5.46. The smallest absolute Gasteiger partial charge is 0.282 e. The fourth-order valence-electron chi connectivity index (χ4n) is 2.63. The molecule has 0 unspecified atom stereocenters. The molecule has 7 heteroatoms. The predicted molar refractivity (Wildman–Crippen MR) is 99.2 cm³/mol. The molecular weight excluding hydrogens is 355 g/mol. The number of hydrogen-bond acceptors (Lipinski definition) is 4. The number of benzene rings is 2. The number of nitrogens with zero attached hydrogens (tertiary/aromatic N) is 2. The summed E-state index contributed by atoms with van der Waals surface area (Å²) in [6.45, 7) is 3.40. The number of halogens is 1. The van der Waals surface area contributed by atoms with Gasteiger partial charge in [-0.05, 0) is 31.2 Å². The molecule has 0 bridgehead atoms. The van der Waals surface area contributed by atoms with Crippen LogP contribution in [0.15, 0.2) is 47.5 Å². The lowest BCUT2D eigenvalue weighted by atomic mass is 10.2. The molecule has 0 spiro atoms. The molecule has 2 aromatic carbocycles. The van der Waals surface area contributed by atoms with Crippen LogP contribution in [-0.4, -0.2) is 30.8 Å². The van der Waals surface area contributed by atoms with E-state index in [9.17, 15) is 9.18 Å². The van der Waals surface area contributed by atoms with Crippen molar-refractivity contribution in [3.63, 3.8) is 0 Å². The van der Waals surface area contributed by atoms with Crippen LogP contribution in [0.25, 0.3) is 10.2 Å². The summed E-state index contributed by atoms with van der Waals surface area (Å²) >= 11 is 1.36. The van der Waals surface area contributed by atoms with Gasteiger partial charge in [-0.1, -0.05) is 29.5 Å². The second kappa shape index (κ2) is 8.25. The molecule has 0 atom stereocenters. The topological polar surface area (TPSA) is 52.8 Å². The highest BCUT2D eigenvalue weighted by atomic mass is 32.1. The number of fused-ring (bicyclic) bond motifs is 1. The van der Waals surface area contributed by atoms with Crippen LogP contribution in [-0.2, 0) is 11.3 Å². The maximum Gasteiger partial charge on any atom is 0.282 e. The van der Waals surface area contributed by atoms with Crippen molar-refractivity contribution in [1.29, 1.82) is 0 Å². The first-order valence-corrected chi connectivity index (χ1v) is 9.05. The van der Waals surface area contributed by atoms with Gasteiger partial charge in [0.1, 0.15) is 17.1 Å². The summed E-state index contributed by atoms with van der Waals surface area (Å²) in [5.74, 6) is -0.475. The summed E-state index contributed by atoms with van der Waals surface area (Å²) in [6.07, 6.45) is 0. The van der Waals surface area contributed by atoms with Crippen molar-refractivity contribution in [2.24, 2.45) is 4.99 Å². The molecule has 0 N–H and O–H groups in total. The molecule has 1 heterocycles. The molecule has 0 fully saturated rings. The Labute approximate surface area is 154 Å². The Morgan fingerprint density at radius 3 is 2.77 bits per heavy atom. The van der Waals surface area contributed by atoms with E-state index >= 15 is 0 Å². The zero-order chi connectivity index (χ0) is 18.5. The van der Waals surface area contributed by atoms with Crippen LogP contribution in [0.1, 0.15) is 17.3 Å². The highest BCUT2D eigenvalue weighted by Crippen LogP contribution is 2.27. The normalized spacial score (nSPS) is 11.9. The summed E-state index contributed by atoms with van der Waals surface area (Å²) in [5.41, 5.74) is 0.810. The lowest BCUT2D eigenvalue weighted by Crippen LogP contribution is -2.20. The number of thiazole rings is 1. The minimum absolute atomic E-state index is 0.0479. The van der Waals surface area contributed by atoms with Crippen LogP contribution in [0.3, 0.4) is 0 Å². The maximum atomic E-state index is 13.9. The second-order valence-corrected chi connectivity index (χ2v) is 6.47. The summed E-state index contributed by atoms with van der Waals surface area (Å²) in [4.78, 5) is 17.1. The van der Waals surface area contributed by atoms with Crippen LogP contribution >= 0.6 is 11.3 Å². The third-order valence-electron chi connectivity index (χ3n) is 3.78. The first-order chi connectivity index (χ1) is 12.7. The lowest BCUT2D eigenvalue weighted by molar-refractivity contribution is 0.0993. The number of aromatic nitrogens is 1. The number of rotatable bonds is 6. The van der Waals surface area contributed by atoms with E-state index in [-0.39, 0.29) is 5.56 Å². The summed E-state index contributed by atoms with van der Waals surface area (Å²) in [7, 11) is 1.61. The van der Waals surface area contributed by atoms with Gasteiger partial charge >= 0.3 is 0 Å². The van der Waals surface area contributed by atoms with Gasteiger partial charge in [-0.3, -0.25) is 4.79 Å². The van der Waals surface area contributed by atoms with Gasteiger partial charge in [-0.2, -0.15) is 4.99 Å². The van der Waals surface area contributed by atoms with Gasteiger partial charge in [0.25, 0.3) is 5.91 Å². The number of carbonyl (C=O) groups is 1. The molecule has 26 heavy (non-hydrogen) atoms. The first kappa shape index (κ1) is 18.3. The molecule has 1 aromatic heterocycles. The average Bonchev–Trinajstić information content (AvgIpc) is 2.98. The molecule has 3 aromatic rings. The SMILES string of the molecule is CCOc1cccc2sc(=NC(=O)c3ccccc3F)n(CCOC)c12. The van der Waals surface area contributed by atoms with Gasteiger partial charge < -0.3 is 14.0 Å². The minimum atomic E-state index is -0.612. The van der Waals surface area contributed by atoms with Gasteiger partial charge in [-0.25, -0.2) is 4.39 Å². The Bertz CT molecular complexity index is 994. The van der Waals surface area contributed by atoms with E-state index < -0.39 is 11.7 Å². The standard InChI is InChI=1S/C19H19FN2O3S/c1-3-25-15-9-6-10-16-17(15)22(11-12-24-2)19(26-16)21-18(23)13-7-4-5-8-14(13)20/h4-10H,3,11-12H2,1-2H3. The Hall–Kier alpha value is -2.51. The molecule has 0 saturated carbocycles. The van der Waals surface area contributed by atoms with Gasteiger partial charge in [0.05, 0.1) is 23.5 Å². The van der Waals surface area contributed by atoms with Crippen LogP contribution < -0.4 is 9.54 Å². The summed E-state index contributed by atoms with van der Waals surface area (Å²) in [6, 6.07) is 11.6. The molecule has 136 valence electrons. The molecule has 0 saturated heterocycles. The minimum Gasteiger partial charge on any atom is -0.492 e. The Morgan fingerprint density at radius 2 is 2.04 bits per heavy atom. The summed E-state index contributed by atoms with van der Waals surface area (Å²) in [5, 5.41) is 0. The van der Waals surface area contributed by atoms with E-state index in [4.69, 9.17) is 9.47 Å². The Kier molecular flexibility index (Phi) is 5.80. The van der Waals surface area contributed by atoms with Crippen molar-refractivity contribution in [3.05, 3.63) is 58.6 Å². The first-order valence-electron chi connectivity index (χ1n) is 8.23. The number of hydrogen-bond donors (Lipinski definition) is 0. The monoisotopic (exact) mass is 374 g/mol. The Balaban J connectivity index is 2.17. The van der Waals surface area contributed by atoms with E-state index in [2.05, 4.69) is 4.99 Å². The third kappa shape index (κ3) is 3.68. The highest BCUT2D eigenvalue weighted by Gasteiger charge is 2.14. The quantitative estimate of drug-likeness (QED) is 0.662. The Morgan fingerprint density at radius 1 is 1.23 bits per heavy atom. The van der Waals surface area contributed by atoms with Gasteiger partial charge in [0.15, 0.2) is 4.80 Å². The zero-order valence-corrected chi connectivity index (χ0v) is 15.4. The van der Waals surface area contributed by atoms with E-state index in [0.29, 0.717) is 24.6 Å². The molecule has 0 aliphatic carbocycles. The molecule has 0 aliphatic heterocycles. The van der Waals surface area contributed by atoms with Crippen LogP contribution in [0, 0.1) is 5.82 Å². The molecule has 0 radical (unpaired) electrons. The molecule has 5 nitrogen and oxygen atoms in total. The van der Waals surface area contributed by atoms with E-state index in [1.165, 1.54) is 23.5 Å². The van der Waals surface area contributed by atoms with Crippen LogP contribution in [0.2, 0.25) is 0 Å². The van der Waals surface area contributed by atoms with E-state index in [1.807, 2.05) is 29.7 Å². The van der Waals surface area contributed by atoms with E-state index in [1.54, 1.807) is 19.2 Å². The number of carbonyl (C=O) groups excluding carboxylic acids is 1. The van der Waals surface area contributed by atoms with E-state index in [0.717, 1.165) is 16.0 Å². The largest absolute Gasteiger partial charge is 0.492 e. The fourth-order valence-corrected chi connectivity index (χ4v) is 3.70. The number of amides is 1. The predicted octanol–water partition coefficient (Wildman–Crippen LogP) is 3.63. The molecule has 1 amide bonds. The van der Waals surface area contributed by atoms with Crippen molar-refractivity contribution in [1.82, 2.24) is 4.57 Å². The third-order valence-corrected chi connectivity index (χ3v) is 4.83. The maximum absolute atomic E-state index is 13.9. The zero-order valence-electron chi connectivity index (χ0n) is 14.6. The number of para-hydroxylation sites is 1. The van der Waals surface area contributed by atoms with Gasteiger partial charge in [-0.15, -0.1) is 0 Å². The van der Waals surface area contributed by atoms with Gasteiger partial charge in [0.2, 0.25) is 0 Å². The van der Waals surface area contributed by atoms with Crippen molar-refractivity contribution in [2.75, 3.05) is 20.3 Å². The number of ether oxygens (including phenoxy) is 2. The lowest BCUT2D eigenvalue weighted by Gasteiger charge is -2.09. The van der Waals surface area contributed by atoms with Crippen molar-refractivity contribution in [3.8, 4) is 5.75 Å². The average molecular weight is 374 g/mol. The summed E-state index contributed by atoms with van der Waals surface area (Å²) < 4.78 is 27.6. The molecule has 3 rings (SSSR count). The number of methoxy groups -OCH3 is 1. The van der Waals surface area contributed by atoms with Crippen LogP contribution in [0.5, 0.6) is 5.75 Å². The van der Waals surface area contributed by atoms with Crippen molar-refractivity contribution < 1.29 is 18.7 Å².